The summed E-state index contributed by atoms with van der Waals surface area (Å²) in [6, 6.07) is 2.72. The third-order valence-electron chi connectivity index (χ3n) is 2.21. The Bertz CT molecular complexity index is 327. The molecule has 1 atom stereocenters. The molecule has 2 nitrogen and oxygen atoms in total. The first kappa shape index (κ1) is 12.1. The molecule has 0 amide bonds. The van der Waals surface area contributed by atoms with Gasteiger partial charge in [0.15, 0.2) is 0 Å². The maximum absolute atomic E-state index is 13.0. The van der Waals surface area contributed by atoms with E-state index < -0.39 is 23.3 Å². The number of halogens is 2. The normalized spacial score (nSPS) is 14.0. The van der Waals surface area contributed by atoms with Gasteiger partial charge in [0.1, 0.15) is 11.6 Å². The van der Waals surface area contributed by atoms with Crippen molar-refractivity contribution in [2.75, 3.05) is 7.05 Å². The van der Waals surface area contributed by atoms with Crippen LogP contribution in [0.2, 0.25) is 0 Å². The van der Waals surface area contributed by atoms with E-state index in [2.05, 4.69) is 5.32 Å². The molecule has 4 heteroatoms. The lowest BCUT2D eigenvalue weighted by Gasteiger charge is -2.29. The number of rotatable bonds is 3. The largest absolute Gasteiger partial charge is 0.388 e. The Morgan fingerprint density at radius 2 is 1.67 bits per heavy atom. The van der Waals surface area contributed by atoms with Crippen molar-refractivity contribution in [2.24, 2.45) is 0 Å². The molecule has 84 valence electrons. The van der Waals surface area contributed by atoms with Gasteiger partial charge in [0.25, 0.3) is 0 Å². The minimum absolute atomic E-state index is 0.391. The molecule has 1 aromatic carbocycles. The lowest BCUT2D eigenvalue weighted by atomic mass is 9.92. The highest BCUT2D eigenvalue weighted by Gasteiger charge is 2.27. The van der Waals surface area contributed by atoms with Crippen molar-refractivity contribution in [3.05, 3.63) is 35.4 Å². The average molecular weight is 215 g/mol. The fourth-order valence-corrected chi connectivity index (χ4v) is 1.67. The number of likely N-dealkylation sites (N-methyl/N-ethyl adjacent to an activating group) is 1. The molecule has 1 rings (SSSR count). The summed E-state index contributed by atoms with van der Waals surface area (Å²) in [7, 11) is 1.63. The van der Waals surface area contributed by atoms with E-state index in [1.165, 1.54) is 12.1 Å². The number of hydrogen-bond acceptors (Lipinski definition) is 2. The van der Waals surface area contributed by atoms with Gasteiger partial charge in [0, 0.05) is 6.07 Å². The lowest BCUT2D eigenvalue weighted by molar-refractivity contribution is 0.0398. The molecule has 0 aliphatic heterocycles. The second-order valence-electron chi connectivity index (χ2n) is 4.08. The lowest BCUT2D eigenvalue weighted by Crippen LogP contribution is -2.37. The standard InChI is InChI=1S/C11H15F2NO/c1-11(2,15)10(14-3)7-4-8(12)6-9(13)5-7/h4-6,10,14-15H,1-3H3. The molecule has 0 saturated carbocycles. The summed E-state index contributed by atoms with van der Waals surface area (Å²) in [5.41, 5.74) is -0.697. The van der Waals surface area contributed by atoms with Gasteiger partial charge >= 0.3 is 0 Å². The van der Waals surface area contributed by atoms with E-state index >= 15 is 0 Å². The minimum Gasteiger partial charge on any atom is -0.388 e. The van der Waals surface area contributed by atoms with Crippen molar-refractivity contribution in [1.82, 2.24) is 5.32 Å². The first-order valence-corrected chi connectivity index (χ1v) is 4.70. The summed E-state index contributed by atoms with van der Waals surface area (Å²) in [5, 5.41) is 12.6. The van der Waals surface area contributed by atoms with Crippen LogP contribution < -0.4 is 5.32 Å². The number of aliphatic hydroxyl groups is 1. The van der Waals surface area contributed by atoms with Gasteiger partial charge in [-0.2, -0.15) is 0 Å². The molecule has 0 fully saturated rings. The van der Waals surface area contributed by atoms with Crippen LogP contribution >= 0.6 is 0 Å². The van der Waals surface area contributed by atoms with Crippen LogP contribution in [0.1, 0.15) is 25.5 Å². The summed E-state index contributed by atoms with van der Waals surface area (Å²) < 4.78 is 25.9. The first-order chi connectivity index (χ1) is 6.84. The zero-order chi connectivity index (χ0) is 11.6. The van der Waals surface area contributed by atoms with Crippen molar-refractivity contribution < 1.29 is 13.9 Å². The second kappa shape index (κ2) is 4.24. The van der Waals surface area contributed by atoms with E-state index in [0.29, 0.717) is 5.56 Å². The predicted molar refractivity (Wildman–Crippen MR) is 54.5 cm³/mol. The van der Waals surface area contributed by atoms with Gasteiger partial charge in [-0.1, -0.05) is 0 Å². The van der Waals surface area contributed by atoms with Crippen molar-refractivity contribution in [2.45, 2.75) is 25.5 Å². The van der Waals surface area contributed by atoms with Crippen molar-refractivity contribution >= 4 is 0 Å². The van der Waals surface area contributed by atoms with Crippen molar-refractivity contribution in [3.8, 4) is 0 Å². The van der Waals surface area contributed by atoms with E-state index in [9.17, 15) is 13.9 Å². The molecule has 0 heterocycles. The topological polar surface area (TPSA) is 32.3 Å². The Hall–Kier alpha value is -1.00. The van der Waals surface area contributed by atoms with Gasteiger partial charge in [0.2, 0.25) is 0 Å². The second-order valence-corrected chi connectivity index (χ2v) is 4.08. The first-order valence-electron chi connectivity index (χ1n) is 4.70. The van der Waals surface area contributed by atoms with Crippen LogP contribution in [0.3, 0.4) is 0 Å². The Morgan fingerprint density at radius 3 is 2.00 bits per heavy atom. The predicted octanol–water partition coefficient (Wildman–Crippen LogP) is 2.00. The highest BCUT2D eigenvalue weighted by atomic mass is 19.1. The van der Waals surface area contributed by atoms with Crippen molar-refractivity contribution in [3.63, 3.8) is 0 Å². The molecule has 0 spiro atoms. The SMILES string of the molecule is CNC(c1cc(F)cc(F)c1)C(C)(C)O. The summed E-state index contributed by atoms with van der Waals surface area (Å²) in [5.74, 6) is -1.29. The fourth-order valence-electron chi connectivity index (χ4n) is 1.67. The van der Waals surface area contributed by atoms with Gasteiger partial charge < -0.3 is 10.4 Å². The van der Waals surface area contributed by atoms with Crippen LogP contribution in [0.25, 0.3) is 0 Å². The van der Waals surface area contributed by atoms with E-state index in [-0.39, 0.29) is 0 Å². The summed E-state index contributed by atoms with van der Waals surface area (Å²) >= 11 is 0. The van der Waals surface area contributed by atoms with Gasteiger partial charge in [-0.3, -0.25) is 0 Å². The highest BCUT2D eigenvalue weighted by molar-refractivity contribution is 5.23. The van der Waals surface area contributed by atoms with Crippen molar-refractivity contribution in [1.29, 1.82) is 0 Å². The van der Waals surface area contributed by atoms with Crippen LogP contribution in [0.15, 0.2) is 18.2 Å². The fraction of sp³-hybridized carbons (Fsp3) is 0.455. The zero-order valence-electron chi connectivity index (χ0n) is 9.01. The molecule has 2 N–H and O–H groups in total. The molecule has 0 radical (unpaired) electrons. The molecule has 1 unspecified atom stereocenters. The maximum atomic E-state index is 13.0. The average Bonchev–Trinajstić information content (AvgIpc) is 1.99. The quantitative estimate of drug-likeness (QED) is 0.808. The van der Waals surface area contributed by atoms with Crippen LogP contribution in [0, 0.1) is 11.6 Å². The van der Waals surface area contributed by atoms with E-state index in [4.69, 9.17) is 0 Å². The van der Waals surface area contributed by atoms with Gasteiger partial charge in [0.05, 0.1) is 11.6 Å². The number of benzene rings is 1. The van der Waals surface area contributed by atoms with Gasteiger partial charge in [-0.05, 0) is 38.6 Å². The Balaban J connectivity index is 3.13. The maximum Gasteiger partial charge on any atom is 0.126 e. The Labute approximate surface area is 87.9 Å². The Morgan fingerprint density at radius 1 is 1.20 bits per heavy atom. The van der Waals surface area contributed by atoms with Crippen LogP contribution in [0.4, 0.5) is 8.78 Å². The smallest absolute Gasteiger partial charge is 0.126 e. The monoisotopic (exact) mass is 215 g/mol. The summed E-state index contributed by atoms with van der Waals surface area (Å²) in [6.45, 7) is 3.16. The van der Waals surface area contributed by atoms with E-state index in [1.807, 2.05) is 0 Å². The Kier molecular flexibility index (Phi) is 3.42. The third-order valence-corrected chi connectivity index (χ3v) is 2.21. The van der Waals surface area contributed by atoms with Crippen LogP contribution in [-0.2, 0) is 0 Å². The van der Waals surface area contributed by atoms with E-state index in [0.717, 1.165) is 6.07 Å². The highest BCUT2D eigenvalue weighted by Crippen LogP contribution is 2.26. The molecule has 15 heavy (non-hydrogen) atoms. The molecular formula is C11H15F2NO. The molecule has 0 aliphatic carbocycles. The molecule has 0 bridgehead atoms. The van der Waals surface area contributed by atoms with Crippen LogP contribution in [0.5, 0.6) is 0 Å². The van der Waals surface area contributed by atoms with Gasteiger partial charge in [-0.15, -0.1) is 0 Å². The number of hydrogen-bond donors (Lipinski definition) is 2. The molecule has 0 aromatic heterocycles. The van der Waals surface area contributed by atoms with Gasteiger partial charge in [-0.25, -0.2) is 8.78 Å². The zero-order valence-corrected chi connectivity index (χ0v) is 9.01. The summed E-state index contributed by atoms with van der Waals surface area (Å²) in [6.07, 6.45) is 0. The molecule has 1 aromatic rings. The molecule has 0 saturated heterocycles. The number of nitrogens with one attached hydrogen (secondary N) is 1. The molecule has 0 aliphatic rings. The minimum atomic E-state index is -1.09. The summed E-state index contributed by atoms with van der Waals surface area (Å²) in [4.78, 5) is 0. The molecular weight excluding hydrogens is 200 g/mol. The van der Waals surface area contributed by atoms with E-state index in [1.54, 1.807) is 20.9 Å². The van der Waals surface area contributed by atoms with Crippen LogP contribution in [-0.4, -0.2) is 17.8 Å². The third kappa shape index (κ3) is 2.97.